The van der Waals surface area contributed by atoms with Crippen molar-refractivity contribution < 1.29 is 9.53 Å². The first-order valence-corrected chi connectivity index (χ1v) is 2.18. The third-order valence-electron chi connectivity index (χ3n) is 0.402. The molecule has 0 aliphatic carbocycles. The van der Waals surface area contributed by atoms with Gasteiger partial charge < -0.3 is 4.74 Å². The number of carbonyl (C=O) groups is 1. The molecule has 0 aromatic rings. The van der Waals surface area contributed by atoms with E-state index in [1.54, 1.807) is 0 Å². The van der Waals surface area contributed by atoms with Crippen LogP contribution >= 0.6 is 0 Å². The van der Waals surface area contributed by atoms with Crippen molar-refractivity contribution >= 4 is 25.3 Å². The summed E-state index contributed by atoms with van der Waals surface area (Å²) in [6, 6.07) is 0. The van der Waals surface area contributed by atoms with Crippen molar-refractivity contribution in [1.29, 1.82) is 0 Å². The van der Waals surface area contributed by atoms with Crippen LogP contribution in [0.5, 0.6) is 0 Å². The summed E-state index contributed by atoms with van der Waals surface area (Å²) >= 11 is 0. The summed E-state index contributed by atoms with van der Waals surface area (Å²) in [6.45, 7) is 5.92. The predicted molar refractivity (Wildman–Crippen MR) is 34.1 cm³/mol. The Bertz CT molecular complexity index is 65.3. The van der Waals surface area contributed by atoms with Crippen LogP contribution < -0.4 is 0 Å². The van der Waals surface area contributed by atoms with Gasteiger partial charge in [0.15, 0.2) is 0 Å². The van der Waals surface area contributed by atoms with E-state index in [0.717, 1.165) is 0 Å². The van der Waals surface area contributed by atoms with Crippen LogP contribution in [0.3, 0.4) is 0 Å². The summed E-state index contributed by atoms with van der Waals surface area (Å²) in [6.07, 6.45) is 0. The zero-order valence-electron chi connectivity index (χ0n) is 4.89. The normalized spacial score (nSPS) is 9.38. The van der Waals surface area contributed by atoms with E-state index < -0.39 is 0 Å². The fourth-order valence-electron chi connectivity index (χ4n) is 0.144. The molecule has 44 valence electrons. The van der Waals surface area contributed by atoms with Crippen molar-refractivity contribution in [2.75, 3.05) is 0 Å². The van der Waals surface area contributed by atoms with Crippen LogP contribution in [0, 0.1) is 0 Å². The SMILES string of the molecule is CC(C)(C)OC=O.[LiH]. The first-order chi connectivity index (χ1) is 3.06. The fourth-order valence-corrected chi connectivity index (χ4v) is 0.144. The van der Waals surface area contributed by atoms with E-state index >= 15 is 0 Å². The molecule has 0 aromatic heterocycles. The molecule has 8 heavy (non-hydrogen) atoms. The van der Waals surface area contributed by atoms with Gasteiger partial charge in [-0.3, -0.25) is 4.79 Å². The molecule has 0 saturated heterocycles. The maximum absolute atomic E-state index is 9.60. The second-order valence-corrected chi connectivity index (χ2v) is 2.33. The third-order valence-corrected chi connectivity index (χ3v) is 0.402. The Labute approximate surface area is 61.8 Å². The molecule has 0 aromatic carbocycles. The summed E-state index contributed by atoms with van der Waals surface area (Å²) < 4.78 is 4.55. The molecular formula is C5H11LiO2. The van der Waals surface area contributed by atoms with Gasteiger partial charge in [-0.2, -0.15) is 0 Å². The summed E-state index contributed by atoms with van der Waals surface area (Å²) in [4.78, 5) is 9.60. The van der Waals surface area contributed by atoms with Crippen LogP contribution in [0.2, 0.25) is 0 Å². The van der Waals surface area contributed by atoms with Crippen LogP contribution in [0.4, 0.5) is 0 Å². The average molecular weight is 110 g/mol. The van der Waals surface area contributed by atoms with Gasteiger partial charge in [0.1, 0.15) is 5.60 Å². The van der Waals surface area contributed by atoms with Gasteiger partial charge in [-0.05, 0) is 20.8 Å². The zero-order valence-corrected chi connectivity index (χ0v) is 4.89. The molecule has 0 atom stereocenters. The fraction of sp³-hybridized carbons (Fsp3) is 0.800. The molecule has 0 bridgehead atoms. The quantitative estimate of drug-likeness (QED) is 0.358. The molecule has 0 fully saturated rings. The van der Waals surface area contributed by atoms with E-state index in [2.05, 4.69) is 4.74 Å². The number of hydrogen-bond acceptors (Lipinski definition) is 2. The molecule has 0 unspecified atom stereocenters. The van der Waals surface area contributed by atoms with Crippen molar-refractivity contribution in [2.45, 2.75) is 26.4 Å². The molecule has 0 aliphatic rings. The van der Waals surface area contributed by atoms with E-state index in [1.807, 2.05) is 20.8 Å². The van der Waals surface area contributed by atoms with E-state index in [9.17, 15) is 4.79 Å². The van der Waals surface area contributed by atoms with Crippen LogP contribution in [0.1, 0.15) is 20.8 Å². The summed E-state index contributed by atoms with van der Waals surface area (Å²) in [5, 5.41) is 0. The second-order valence-electron chi connectivity index (χ2n) is 2.33. The monoisotopic (exact) mass is 110 g/mol. The molecule has 0 amide bonds. The summed E-state index contributed by atoms with van der Waals surface area (Å²) in [5.74, 6) is 0. The van der Waals surface area contributed by atoms with E-state index in [-0.39, 0.29) is 24.5 Å². The minimum atomic E-state index is -0.318. The number of hydrogen-bond donors (Lipinski definition) is 0. The van der Waals surface area contributed by atoms with Crippen molar-refractivity contribution in [1.82, 2.24) is 0 Å². The Kier molecular flexibility index (Phi) is 5.47. The van der Waals surface area contributed by atoms with E-state index in [1.165, 1.54) is 0 Å². The Morgan fingerprint density at radius 2 is 1.75 bits per heavy atom. The Balaban J connectivity index is 0. The topological polar surface area (TPSA) is 26.3 Å². The van der Waals surface area contributed by atoms with E-state index in [4.69, 9.17) is 0 Å². The number of rotatable bonds is 1. The summed E-state index contributed by atoms with van der Waals surface area (Å²) in [5.41, 5.74) is -0.318. The molecule has 3 heteroatoms. The van der Waals surface area contributed by atoms with Crippen molar-refractivity contribution in [2.24, 2.45) is 0 Å². The Morgan fingerprint density at radius 3 is 1.75 bits per heavy atom. The van der Waals surface area contributed by atoms with Crippen LogP contribution in [0.15, 0.2) is 0 Å². The number of ether oxygens (including phenoxy) is 1. The molecule has 0 aliphatic heterocycles. The minimum absolute atomic E-state index is 0. The number of carbonyl (C=O) groups excluding carboxylic acids is 1. The molecular weight excluding hydrogens is 99.0 g/mol. The third kappa shape index (κ3) is 9.42. The Hall–Kier alpha value is 0.0674. The van der Waals surface area contributed by atoms with Gasteiger partial charge in [0.05, 0.1) is 0 Å². The molecule has 0 radical (unpaired) electrons. The molecule has 0 spiro atoms. The molecule has 0 N–H and O–H groups in total. The second kappa shape index (κ2) is 4.00. The van der Waals surface area contributed by atoms with Gasteiger partial charge in [0.2, 0.25) is 0 Å². The van der Waals surface area contributed by atoms with E-state index in [0.29, 0.717) is 6.47 Å². The van der Waals surface area contributed by atoms with Gasteiger partial charge >= 0.3 is 18.9 Å². The molecule has 0 rings (SSSR count). The van der Waals surface area contributed by atoms with Crippen molar-refractivity contribution in [3.05, 3.63) is 0 Å². The van der Waals surface area contributed by atoms with Crippen molar-refractivity contribution in [3.63, 3.8) is 0 Å². The Morgan fingerprint density at radius 1 is 1.38 bits per heavy atom. The standard InChI is InChI=1S/C5H10O2.Li.H/c1-5(2,3)7-4-6;;/h4H,1-3H3;;. The maximum atomic E-state index is 9.60. The first-order valence-electron chi connectivity index (χ1n) is 2.18. The molecule has 2 nitrogen and oxygen atoms in total. The zero-order chi connectivity index (χ0) is 5.91. The van der Waals surface area contributed by atoms with Crippen LogP contribution in [-0.2, 0) is 9.53 Å². The van der Waals surface area contributed by atoms with Crippen LogP contribution in [0.25, 0.3) is 0 Å². The molecule has 0 heterocycles. The van der Waals surface area contributed by atoms with Gasteiger partial charge in [-0.1, -0.05) is 0 Å². The van der Waals surface area contributed by atoms with Gasteiger partial charge in [-0.25, -0.2) is 0 Å². The van der Waals surface area contributed by atoms with Gasteiger partial charge in [0.25, 0.3) is 6.47 Å². The average Bonchev–Trinajstić information content (AvgIpc) is 1.30. The predicted octanol–water partition coefficient (Wildman–Crippen LogP) is 0.309. The molecule has 0 saturated carbocycles. The summed E-state index contributed by atoms with van der Waals surface area (Å²) in [7, 11) is 0. The first kappa shape index (κ1) is 10.9. The van der Waals surface area contributed by atoms with Gasteiger partial charge in [0, 0.05) is 0 Å². The van der Waals surface area contributed by atoms with Gasteiger partial charge in [-0.15, -0.1) is 0 Å². The van der Waals surface area contributed by atoms with Crippen LogP contribution in [-0.4, -0.2) is 30.9 Å². The van der Waals surface area contributed by atoms with Crippen molar-refractivity contribution in [3.8, 4) is 0 Å².